The fourth-order valence-electron chi connectivity index (χ4n) is 2.17. The topological polar surface area (TPSA) is 50.1 Å². The Morgan fingerprint density at radius 3 is 2.25 bits per heavy atom. The first-order valence-electron chi connectivity index (χ1n) is 7.32. The average Bonchev–Trinajstić information content (AvgIpc) is 2.50. The number of benzene rings is 1. The summed E-state index contributed by atoms with van der Waals surface area (Å²) in [6, 6.07) is 9.82. The molecule has 0 unspecified atom stereocenters. The lowest BCUT2D eigenvalue weighted by Crippen LogP contribution is -2.00. The molecular weight excluding hydrogens is 250 g/mol. The van der Waals surface area contributed by atoms with Crippen molar-refractivity contribution in [3.8, 4) is 6.07 Å². The Kier molecular flexibility index (Phi) is 8.14. The van der Waals surface area contributed by atoms with Crippen molar-refractivity contribution in [1.82, 2.24) is 0 Å². The quantitative estimate of drug-likeness (QED) is 0.498. The van der Waals surface area contributed by atoms with Gasteiger partial charge in [-0.15, -0.1) is 0 Å². The molecule has 1 aromatic carbocycles. The molecule has 0 fully saturated rings. The van der Waals surface area contributed by atoms with Crippen LogP contribution in [0.15, 0.2) is 24.3 Å². The van der Waals surface area contributed by atoms with E-state index in [1.807, 2.05) is 24.3 Å². The molecule has 1 aromatic rings. The first-order valence-corrected chi connectivity index (χ1v) is 7.32. The van der Waals surface area contributed by atoms with Crippen LogP contribution >= 0.6 is 0 Å². The number of ether oxygens (including phenoxy) is 1. The number of unbranched alkanes of at least 4 members (excludes halogenated alkanes) is 6. The first-order chi connectivity index (χ1) is 9.77. The van der Waals surface area contributed by atoms with Gasteiger partial charge in [0.2, 0.25) is 0 Å². The van der Waals surface area contributed by atoms with Gasteiger partial charge in [0.05, 0.1) is 18.7 Å². The average molecular weight is 273 g/mol. The number of carbonyl (C=O) groups is 1. The molecule has 20 heavy (non-hydrogen) atoms. The third-order valence-corrected chi connectivity index (χ3v) is 3.38. The number of rotatable bonds is 9. The van der Waals surface area contributed by atoms with Crippen LogP contribution in [0.2, 0.25) is 0 Å². The van der Waals surface area contributed by atoms with E-state index in [9.17, 15) is 4.79 Å². The fourth-order valence-corrected chi connectivity index (χ4v) is 2.17. The summed E-state index contributed by atoms with van der Waals surface area (Å²) in [4.78, 5) is 11.3. The largest absolute Gasteiger partial charge is 0.465 e. The number of hydrogen-bond donors (Lipinski definition) is 0. The van der Waals surface area contributed by atoms with Crippen LogP contribution in [0.5, 0.6) is 0 Å². The Balaban J connectivity index is 2.13. The molecule has 0 N–H and O–H groups in total. The lowest BCUT2D eigenvalue weighted by Gasteiger charge is -2.03. The van der Waals surface area contributed by atoms with Crippen LogP contribution in [0.25, 0.3) is 0 Å². The summed E-state index contributed by atoms with van der Waals surface area (Å²) in [5, 5.41) is 8.42. The van der Waals surface area contributed by atoms with Crippen LogP contribution in [0, 0.1) is 11.3 Å². The molecule has 0 saturated heterocycles. The van der Waals surface area contributed by atoms with Crippen molar-refractivity contribution in [2.45, 2.75) is 51.4 Å². The third kappa shape index (κ3) is 6.38. The van der Waals surface area contributed by atoms with E-state index in [-0.39, 0.29) is 5.97 Å². The van der Waals surface area contributed by atoms with Gasteiger partial charge in [0.15, 0.2) is 0 Å². The van der Waals surface area contributed by atoms with E-state index < -0.39 is 0 Å². The molecule has 3 heteroatoms. The zero-order valence-electron chi connectivity index (χ0n) is 12.2. The van der Waals surface area contributed by atoms with Crippen molar-refractivity contribution in [1.29, 1.82) is 5.26 Å². The van der Waals surface area contributed by atoms with Crippen LogP contribution in [0.4, 0.5) is 0 Å². The molecule has 0 atom stereocenters. The highest BCUT2D eigenvalue weighted by Crippen LogP contribution is 2.12. The van der Waals surface area contributed by atoms with E-state index in [2.05, 4.69) is 10.8 Å². The van der Waals surface area contributed by atoms with Crippen molar-refractivity contribution in [3.63, 3.8) is 0 Å². The van der Waals surface area contributed by atoms with Crippen molar-refractivity contribution in [2.75, 3.05) is 7.11 Å². The minimum Gasteiger partial charge on any atom is -0.465 e. The van der Waals surface area contributed by atoms with Crippen LogP contribution in [-0.4, -0.2) is 13.1 Å². The van der Waals surface area contributed by atoms with Gasteiger partial charge in [0.25, 0.3) is 0 Å². The summed E-state index contributed by atoms with van der Waals surface area (Å²) < 4.78 is 4.67. The number of aryl methyl sites for hydroxylation is 1. The smallest absolute Gasteiger partial charge is 0.337 e. The zero-order chi connectivity index (χ0) is 14.6. The Bertz CT molecular complexity index is 431. The van der Waals surface area contributed by atoms with E-state index in [1.54, 1.807) is 0 Å². The van der Waals surface area contributed by atoms with E-state index in [4.69, 9.17) is 5.26 Å². The molecular formula is C17H23NO2. The maximum absolute atomic E-state index is 11.3. The highest BCUT2D eigenvalue weighted by molar-refractivity contribution is 5.89. The van der Waals surface area contributed by atoms with Gasteiger partial charge in [-0.05, 0) is 37.0 Å². The molecule has 0 aliphatic carbocycles. The maximum Gasteiger partial charge on any atom is 0.337 e. The van der Waals surface area contributed by atoms with Gasteiger partial charge >= 0.3 is 5.97 Å². The molecule has 0 spiro atoms. The molecule has 0 heterocycles. The van der Waals surface area contributed by atoms with Gasteiger partial charge in [-0.3, -0.25) is 0 Å². The first kappa shape index (κ1) is 16.2. The molecule has 0 saturated carbocycles. The molecule has 108 valence electrons. The third-order valence-electron chi connectivity index (χ3n) is 3.38. The van der Waals surface area contributed by atoms with Crippen LogP contribution in [0.1, 0.15) is 60.9 Å². The number of carbonyl (C=O) groups excluding carboxylic acids is 1. The number of methoxy groups -OCH3 is 1. The van der Waals surface area contributed by atoms with Crippen molar-refractivity contribution in [3.05, 3.63) is 35.4 Å². The van der Waals surface area contributed by atoms with Gasteiger partial charge in [-0.1, -0.05) is 37.8 Å². The standard InChI is InChI=1S/C17H23NO2/c1-20-17(19)16-12-10-15(11-13-16)9-7-5-3-2-4-6-8-14-18/h10-13H,2-9H2,1H3. The number of nitrogens with zero attached hydrogens (tertiary/aromatic N) is 1. The Hall–Kier alpha value is -1.82. The Morgan fingerprint density at radius 2 is 1.65 bits per heavy atom. The molecule has 1 rings (SSSR count). The van der Waals surface area contributed by atoms with Crippen molar-refractivity contribution >= 4 is 5.97 Å². The van der Waals surface area contributed by atoms with E-state index in [0.29, 0.717) is 12.0 Å². The normalized spacial score (nSPS) is 10.0. The van der Waals surface area contributed by atoms with Gasteiger partial charge in [0.1, 0.15) is 0 Å². The van der Waals surface area contributed by atoms with E-state index in [0.717, 1.165) is 12.8 Å². The number of hydrogen-bond acceptors (Lipinski definition) is 3. The van der Waals surface area contributed by atoms with Crippen molar-refractivity contribution < 1.29 is 9.53 Å². The summed E-state index contributed by atoms with van der Waals surface area (Å²) in [6.07, 6.45) is 8.81. The summed E-state index contributed by atoms with van der Waals surface area (Å²) >= 11 is 0. The van der Waals surface area contributed by atoms with E-state index in [1.165, 1.54) is 44.8 Å². The number of nitriles is 1. The van der Waals surface area contributed by atoms with Gasteiger partial charge in [-0.2, -0.15) is 5.26 Å². The molecule has 0 bridgehead atoms. The van der Waals surface area contributed by atoms with Crippen LogP contribution in [-0.2, 0) is 11.2 Å². The van der Waals surface area contributed by atoms with Crippen LogP contribution in [0.3, 0.4) is 0 Å². The summed E-state index contributed by atoms with van der Waals surface area (Å²) in [5.41, 5.74) is 1.87. The highest BCUT2D eigenvalue weighted by Gasteiger charge is 2.03. The minimum absolute atomic E-state index is 0.283. The van der Waals surface area contributed by atoms with E-state index >= 15 is 0 Å². The molecule has 3 nitrogen and oxygen atoms in total. The Morgan fingerprint density at radius 1 is 1.05 bits per heavy atom. The minimum atomic E-state index is -0.283. The molecule has 0 aromatic heterocycles. The summed E-state index contributed by atoms with van der Waals surface area (Å²) in [7, 11) is 1.40. The zero-order valence-corrected chi connectivity index (χ0v) is 12.2. The summed E-state index contributed by atoms with van der Waals surface area (Å²) in [6.45, 7) is 0. The molecule has 0 aliphatic rings. The van der Waals surface area contributed by atoms with Crippen LogP contribution < -0.4 is 0 Å². The SMILES string of the molecule is COC(=O)c1ccc(CCCCCCCCC#N)cc1. The second-order valence-electron chi connectivity index (χ2n) is 4.97. The molecule has 0 radical (unpaired) electrons. The summed E-state index contributed by atoms with van der Waals surface area (Å²) in [5.74, 6) is -0.283. The second kappa shape index (κ2) is 10.0. The molecule has 0 amide bonds. The monoisotopic (exact) mass is 273 g/mol. The van der Waals surface area contributed by atoms with Crippen molar-refractivity contribution in [2.24, 2.45) is 0 Å². The predicted octanol–water partition coefficient (Wildman–Crippen LogP) is 4.27. The Labute approximate surface area is 121 Å². The van der Waals surface area contributed by atoms with Gasteiger partial charge in [0, 0.05) is 6.42 Å². The molecule has 0 aliphatic heterocycles. The predicted molar refractivity (Wildman–Crippen MR) is 79.4 cm³/mol. The number of esters is 1. The lowest BCUT2D eigenvalue weighted by molar-refractivity contribution is 0.0600. The van der Waals surface area contributed by atoms with Gasteiger partial charge < -0.3 is 4.74 Å². The fraction of sp³-hybridized carbons (Fsp3) is 0.529. The highest BCUT2D eigenvalue weighted by atomic mass is 16.5. The second-order valence-corrected chi connectivity index (χ2v) is 4.97. The maximum atomic E-state index is 11.3. The lowest BCUT2D eigenvalue weighted by atomic mass is 10.0. The van der Waals surface area contributed by atoms with Gasteiger partial charge in [-0.25, -0.2) is 4.79 Å².